The lowest BCUT2D eigenvalue weighted by molar-refractivity contribution is -0.133. The molecule has 0 spiro atoms. The molecule has 0 bridgehead atoms. The average molecular weight is 288 g/mol. The number of nitrogens with zero attached hydrogens (tertiary/aromatic N) is 1. The van der Waals surface area contributed by atoms with Crippen molar-refractivity contribution in [3.05, 3.63) is 47.3 Å². The number of aromatic amines is 1. The first-order valence-corrected chi connectivity index (χ1v) is 7.68. The molecule has 0 saturated carbocycles. The molecule has 1 aliphatic rings. The Hall–Kier alpha value is -1.75. The van der Waals surface area contributed by atoms with E-state index < -0.39 is 5.97 Å². The molecule has 1 atom stereocenters. The van der Waals surface area contributed by atoms with Gasteiger partial charge in [-0.3, -0.25) is 4.79 Å². The summed E-state index contributed by atoms with van der Waals surface area (Å²) < 4.78 is 0. The van der Waals surface area contributed by atoms with Crippen molar-refractivity contribution in [1.82, 2.24) is 9.97 Å². The molecular weight excluding hydrogens is 272 g/mol. The standard InChI is InChI=1S/C15H16N2O2S/c18-14(19)9-20-15-16-12-7-6-11(8-13(12)17-15)10-4-2-1-3-5-10/h1-5,11H,6-9H2,(H,16,17)(H,18,19). The van der Waals surface area contributed by atoms with Crippen LogP contribution in [0.25, 0.3) is 0 Å². The molecule has 2 N–H and O–H groups in total. The van der Waals surface area contributed by atoms with Gasteiger partial charge in [0.1, 0.15) is 0 Å². The Kier molecular flexibility index (Phi) is 3.78. The van der Waals surface area contributed by atoms with Crippen LogP contribution in [0.1, 0.15) is 29.3 Å². The molecule has 2 aromatic rings. The first kappa shape index (κ1) is 13.2. The number of aliphatic carboxylic acids is 1. The maximum absolute atomic E-state index is 10.6. The number of hydrogen-bond acceptors (Lipinski definition) is 3. The van der Waals surface area contributed by atoms with Crippen molar-refractivity contribution in [2.45, 2.75) is 30.3 Å². The average Bonchev–Trinajstić information content (AvgIpc) is 2.88. The number of carbonyl (C=O) groups is 1. The van der Waals surface area contributed by atoms with Crippen LogP contribution in [-0.4, -0.2) is 26.8 Å². The van der Waals surface area contributed by atoms with Crippen molar-refractivity contribution < 1.29 is 9.90 Å². The highest BCUT2D eigenvalue weighted by Gasteiger charge is 2.23. The van der Waals surface area contributed by atoms with Crippen LogP contribution >= 0.6 is 11.8 Å². The van der Waals surface area contributed by atoms with E-state index >= 15 is 0 Å². The van der Waals surface area contributed by atoms with E-state index in [1.165, 1.54) is 17.3 Å². The number of hydrogen-bond donors (Lipinski definition) is 2. The molecule has 0 fully saturated rings. The molecule has 104 valence electrons. The number of fused-ring (bicyclic) bond motifs is 1. The molecule has 5 heteroatoms. The number of rotatable bonds is 4. The number of benzene rings is 1. The highest BCUT2D eigenvalue weighted by atomic mass is 32.2. The van der Waals surface area contributed by atoms with Crippen LogP contribution in [0.4, 0.5) is 0 Å². The molecule has 1 aromatic heterocycles. The van der Waals surface area contributed by atoms with Crippen molar-refractivity contribution >= 4 is 17.7 Å². The molecule has 1 heterocycles. The second-order valence-corrected chi connectivity index (χ2v) is 5.96. The fourth-order valence-electron chi connectivity index (χ4n) is 2.66. The first-order chi connectivity index (χ1) is 9.72. The summed E-state index contributed by atoms with van der Waals surface area (Å²) in [5, 5.41) is 9.43. The number of imidazole rings is 1. The van der Waals surface area contributed by atoms with Gasteiger partial charge in [0.15, 0.2) is 5.16 Å². The minimum atomic E-state index is -0.813. The summed E-state index contributed by atoms with van der Waals surface area (Å²) in [6.45, 7) is 0. The SMILES string of the molecule is O=C(O)CSc1nc2c([nH]1)CC(c1ccccc1)CC2. The lowest BCUT2D eigenvalue weighted by atomic mass is 9.85. The van der Waals surface area contributed by atoms with Crippen LogP contribution in [0.3, 0.4) is 0 Å². The number of H-pyrrole nitrogens is 1. The van der Waals surface area contributed by atoms with E-state index in [2.05, 4.69) is 34.2 Å². The van der Waals surface area contributed by atoms with Crippen LogP contribution in [0, 0.1) is 0 Å². The van der Waals surface area contributed by atoms with E-state index in [0.29, 0.717) is 5.92 Å². The van der Waals surface area contributed by atoms with E-state index in [4.69, 9.17) is 5.11 Å². The fraction of sp³-hybridized carbons (Fsp3) is 0.333. The maximum Gasteiger partial charge on any atom is 0.313 e. The summed E-state index contributed by atoms with van der Waals surface area (Å²) in [5.74, 6) is -0.234. The number of carboxylic acids is 1. The normalized spacial score (nSPS) is 17.7. The minimum absolute atomic E-state index is 0.0501. The molecule has 0 aliphatic heterocycles. The lowest BCUT2D eigenvalue weighted by Gasteiger charge is -2.21. The van der Waals surface area contributed by atoms with Crippen molar-refractivity contribution in [1.29, 1.82) is 0 Å². The summed E-state index contributed by atoms with van der Waals surface area (Å²) in [6, 6.07) is 10.5. The first-order valence-electron chi connectivity index (χ1n) is 6.69. The molecule has 4 nitrogen and oxygen atoms in total. The maximum atomic E-state index is 10.6. The highest BCUT2D eigenvalue weighted by Crippen LogP contribution is 2.32. The number of aromatic nitrogens is 2. The number of aryl methyl sites for hydroxylation is 1. The van der Waals surface area contributed by atoms with E-state index in [1.807, 2.05) is 6.07 Å². The Labute approximate surface area is 121 Å². The third kappa shape index (κ3) is 2.88. The van der Waals surface area contributed by atoms with Gasteiger partial charge in [0.25, 0.3) is 0 Å². The van der Waals surface area contributed by atoms with Crippen molar-refractivity contribution in [2.75, 3.05) is 5.75 Å². The smallest absolute Gasteiger partial charge is 0.313 e. The molecule has 3 rings (SSSR count). The van der Waals surface area contributed by atoms with Crippen LogP contribution in [-0.2, 0) is 17.6 Å². The third-order valence-electron chi connectivity index (χ3n) is 3.63. The zero-order valence-corrected chi connectivity index (χ0v) is 11.8. The monoisotopic (exact) mass is 288 g/mol. The van der Waals surface area contributed by atoms with Gasteiger partial charge in [-0.1, -0.05) is 42.1 Å². The van der Waals surface area contributed by atoms with Crippen LogP contribution in [0.15, 0.2) is 35.5 Å². The zero-order valence-electron chi connectivity index (χ0n) is 11.0. The highest BCUT2D eigenvalue weighted by molar-refractivity contribution is 7.99. The van der Waals surface area contributed by atoms with Gasteiger partial charge >= 0.3 is 5.97 Å². The molecule has 1 unspecified atom stereocenters. The minimum Gasteiger partial charge on any atom is -0.481 e. The Morgan fingerprint density at radius 3 is 2.95 bits per heavy atom. The Morgan fingerprint density at radius 1 is 1.40 bits per heavy atom. The van der Waals surface area contributed by atoms with Crippen molar-refractivity contribution in [3.63, 3.8) is 0 Å². The summed E-state index contributed by atoms with van der Waals surface area (Å²) in [4.78, 5) is 18.4. The molecular formula is C15H16N2O2S. The van der Waals surface area contributed by atoms with Crippen LogP contribution in [0.2, 0.25) is 0 Å². The second-order valence-electron chi connectivity index (χ2n) is 5.00. The largest absolute Gasteiger partial charge is 0.481 e. The van der Waals surface area contributed by atoms with E-state index in [-0.39, 0.29) is 5.75 Å². The van der Waals surface area contributed by atoms with Gasteiger partial charge in [0.2, 0.25) is 0 Å². The third-order valence-corrected chi connectivity index (χ3v) is 4.48. The predicted octanol–water partition coefficient (Wildman–Crippen LogP) is 2.86. The zero-order chi connectivity index (χ0) is 13.9. The summed E-state index contributed by atoms with van der Waals surface area (Å²) in [6.07, 6.45) is 3.02. The molecule has 1 aliphatic carbocycles. The van der Waals surface area contributed by atoms with Gasteiger partial charge in [-0.25, -0.2) is 4.98 Å². The van der Waals surface area contributed by atoms with Gasteiger partial charge in [0.05, 0.1) is 11.4 Å². The van der Waals surface area contributed by atoms with Crippen molar-refractivity contribution in [3.8, 4) is 0 Å². The van der Waals surface area contributed by atoms with Crippen molar-refractivity contribution in [2.24, 2.45) is 0 Å². The quantitative estimate of drug-likeness (QED) is 0.849. The Morgan fingerprint density at radius 2 is 2.20 bits per heavy atom. The topological polar surface area (TPSA) is 66.0 Å². The van der Waals surface area contributed by atoms with Gasteiger partial charge in [-0.2, -0.15) is 0 Å². The summed E-state index contributed by atoms with van der Waals surface area (Å²) >= 11 is 1.25. The molecule has 0 amide bonds. The number of carboxylic acid groups (broad SMARTS) is 1. The Balaban J connectivity index is 1.73. The second kappa shape index (κ2) is 5.71. The summed E-state index contributed by atoms with van der Waals surface area (Å²) in [7, 11) is 0. The fourth-order valence-corrected chi connectivity index (χ4v) is 3.29. The van der Waals surface area contributed by atoms with Gasteiger partial charge < -0.3 is 10.1 Å². The molecule has 20 heavy (non-hydrogen) atoms. The lowest BCUT2D eigenvalue weighted by Crippen LogP contribution is -2.12. The predicted molar refractivity (Wildman–Crippen MR) is 78.2 cm³/mol. The molecule has 0 radical (unpaired) electrons. The number of nitrogens with one attached hydrogen (secondary N) is 1. The summed E-state index contributed by atoms with van der Waals surface area (Å²) in [5.41, 5.74) is 3.63. The van der Waals surface area contributed by atoms with E-state index in [9.17, 15) is 4.79 Å². The molecule has 0 saturated heterocycles. The van der Waals surface area contributed by atoms with Crippen LogP contribution < -0.4 is 0 Å². The Bertz CT molecular complexity index is 610. The van der Waals surface area contributed by atoms with E-state index in [1.54, 1.807) is 0 Å². The number of thioether (sulfide) groups is 1. The van der Waals surface area contributed by atoms with E-state index in [0.717, 1.165) is 35.8 Å². The van der Waals surface area contributed by atoms with Crippen LogP contribution in [0.5, 0.6) is 0 Å². The van der Waals surface area contributed by atoms with Gasteiger partial charge in [0, 0.05) is 5.69 Å². The molecule has 1 aromatic carbocycles. The van der Waals surface area contributed by atoms with Gasteiger partial charge in [-0.05, 0) is 30.7 Å². The van der Waals surface area contributed by atoms with Gasteiger partial charge in [-0.15, -0.1) is 0 Å².